The van der Waals surface area contributed by atoms with E-state index in [9.17, 15) is 0 Å². The number of halogens is 1. The number of nitrogens with two attached hydrogens (primary N) is 1. The van der Waals surface area contributed by atoms with Crippen LogP contribution in [-0.4, -0.2) is 0 Å². The van der Waals surface area contributed by atoms with E-state index < -0.39 is 0 Å². The Bertz CT molecular complexity index is 494. The largest absolute Gasteiger partial charge is 0.397 e. The van der Waals surface area contributed by atoms with E-state index >= 15 is 0 Å². The van der Waals surface area contributed by atoms with Gasteiger partial charge in [-0.1, -0.05) is 15.9 Å². The molecule has 3 N–H and O–H groups in total. The number of rotatable bonds is 3. The molecule has 84 valence electrons. The fourth-order valence-corrected chi connectivity index (χ4v) is 2.69. The molecule has 16 heavy (non-hydrogen) atoms. The summed E-state index contributed by atoms with van der Waals surface area (Å²) in [5.74, 6) is 0. The molecular weight excluding hydrogens is 284 g/mol. The van der Waals surface area contributed by atoms with Crippen LogP contribution in [0.5, 0.6) is 0 Å². The maximum absolute atomic E-state index is 5.91. The number of nitrogens with one attached hydrogen (secondary N) is 1. The van der Waals surface area contributed by atoms with Gasteiger partial charge in [0.05, 0.1) is 11.4 Å². The van der Waals surface area contributed by atoms with Crippen molar-refractivity contribution in [2.75, 3.05) is 11.1 Å². The van der Waals surface area contributed by atoms with E-state index in [0.29, 0.717) is 0 Å². The lowest BCUT2D eigenvalue weighted by atomic mass is 10.2. The number of anilines is 2. The fraction of sp³-hybridized carbons (Fsp3) is 0.167. The third-order valence-corrected chi connectivity index (χ3v) is 3.85. The summed E-state index contributed by atoms with van der Waals surface area (Å²) in [5.41, 5.74) is 10.3. The summed E-state index contributed by atoms with van der Waals surface area (Å²) >= 11 is 5.12. The first-order valence-electron chi connectivity index (χ1n) is 4.97. The highest BCUT2D eigenvalue weighted by atomic mass is 79.9. The monoisotopic (exact) mass is 296 g/mol. The quantitative estimate of drug-likeness (QED) is 0.840. The van der Waals surface area contributed by atoms with Crippen molar-refractivity contribution in [3.8, 4) is 0 Å². The number of aryl methyl sites for hydroxylation is 1. The first kappa shape index (κ1) is 11.5. The molecule has 0 bridgehead atoms. The molecule has 0 aliphatic heterocycles. The summed E-state index contributed by atoms with van der Waals surface area (Å²) in [5, 5.41) is 7.66. The van der Waals surface area contributed by atoms with Gasteiger partial charge in [0.25, 0.3) is 0 Å². The summed E-state index contributed by atoms with van der Waals surface area (Å²) in [6, 6.07) is 5.88. The second kappa shape index (κ2) is 4.89. The Labute approximate surface area is 108 Å². The number of hydrogen-bond donors (Lipinski definition) is 2. The lowest BCUT2D eigenvalue weighted by molar-refractivity contribution is 1.14. The minimum absolute atomic E-state index is 0.766. The van der Waals surface area contributed by atoms with Gasteiger partial charge in [-0.25, -0.2) is 0 Å². The van der Waals surface area contributed by atoms with Crippen LogP contribution in [0.4, 0.5) is 11.4 Å². The molecule has 1 heterocycles. The van der Waals surface area contributed by atoms with Gasteiger partial charge in [0, 0.05) is 11.0 Å². The fourth-order valence-electron chi connectivity index (χ4n) is 1.45. The predicted octanol–water partition coefficient (Wildman–Crippen LogP) is 4.01. The van der Waals surface area contributed by atoms with Crippen molar-refractivity contribution < 1.29 is 0 Å². The first-order chi connectivity index (χ1) is 7.66. The standard InChI is InChI=1S/C12H13BrN2S/c1-8-6-16-7-9(8)5-15-12-3-2-10(13)4-11(12)14/h2-4,6-7,15H,5,14H2,1H3. The Kier molecular flexibility index (Phi) is 3.51. The van der Waals surface area contributed by atoms with Gasteiger partial charge in [-0.15, -0.1) is 0 Å². The van der Waals surface area contributed by atoms with E-state index in [4.69, 9.17) is 5.73 Å². The van der Waals surface area contributed by atoms with Crippen molar-refractivity contribution in [1.82, 2.24) is 0 Å². The summed E-state index contributed by atoms with van der Waals surface area (Å²) in [4.78, 5) is 0. The zero-order valence-electron chi connectivity index (χ0n) is 8.96. The molecular formula is C12H13BrN2S. The van der Waals surface area contributed by atoms with Crippen LogP contribution in [-0.2, 0) is 6.54 Å². The molecule has 0 saturated carbocycles. The third kappa shape index (κ3) is 2.57. The van der Waals surface area contributed by atoms with Crippen molar-refractivity contribution in [2.24, 2.45) is 0 Å². The van der Waals surface area contributed by atoms with Crippen molar-refractivity contribution in [3.63, 3.8) is 0 Å². The van der Waals surface area contributed by atoms with Gasteiger partial charge >= 0.3 is 0 Å². The average Bonchev–Trinajstić information content (AvgIpc) is 2.63. The van der Waals surface area contributed by atoms with E-state index in [1.165, 1.54) is 11.1 Å². The zero-order valence-corrected chi connectivity index (χ0v) is 11.4. The number of benzene rings is 1. The Hall–Kier alpha value is -1.00. The van der Waals surface area contributed by atoms with Gasteiger partial charge in [-0.05, 0) is 47.0 Å². The van der Waals surface area contributed by atoms with Crippen molar-refractivity contribution >= 4 is 38.6 Å². The highest BCUT2D eigenvalue weighted by molar-refractivity contribution is 9.10. The zero-order chi connectivity index (χ0) is 11.5. The average molecular weight is 297 g/mol. The molecule has 0 fully saturated rings. The second-order valence-corrected chi connectivity index (χ2v) is 5.32. The van der Waals surface area contributed by atoms with Gasteiger partial charge in [-0.3, -0.25) is 0 Å². The Balaban J connectivity index is 2.08. The topological polar surface area (TPSA) is 38.0 Å². The molecule has 0 spiro atoms. The molecule has 2 nitrogen and oxygen atoms in total. The molecule has 0 saturated heterocycles. The summed E-state index contributed by atoms with van der Waals surface area (Å²) in [6.07, 6.45) is 0. The van der Waals surface area contributed by atoms with Crippen molar-refractivity contribution in [3.05, 3.63) is 44.6 Å². The van der Waals surface area contributed by atoms with Crippen LogP contribution in [0.15, 0.2) is 33.4 Å². The predicted molar refractivity (Wildman–Crippen MR) is 74.9 cm³/mol. The van der Waals surface area contributed by atoms with Gasteiger partial charge in [0.1, 0.15) is 0 Å². The molecule has 0 unspecified atom stereocenters. The molecule has 1 aromatic carbocycles. The highest BCUT2D eigenvalue weighted by Gasteiger charge is 2.02. The molecule has 1 aromatic heterocycles. The van der Waals surface area contributed by atoms with Crippen LogP contribution in [0, 0.1) is 6.92 Å². The highest BCUT2D eigenvalue weighted by Crippen LogP contribution is 2.24. The minimum atomic E-state index is 0.766. The van der Waals surface area contributed by atoms with E-state index in [2.05, 4.69) is 38.9 Å². The molecule has 2 aromatic rings. The van der Waals surface area contributed by atoms with Crippen LogP contribution in [0.1, 0.15) is 11.1 Å². The van der Waals surface area contributed by atoms with Gasteiger partial charge in [0.2, 0.25) is 0 Å². The summed E-state index contributed by atoms with van der Waals surface area (Å²) < 4.78 is 1.00. The van der Waals surface area contributed by atoms with Gasteiger partial charge < -0.3 is 11.1 Å². The molecule has 4 heteroatoms. The SMILES string of the molecule is Cc1cscc1CNc1ccc(Br)cc1N. The normalized spacial score (nSPS) is 10.4. The smallest absolute Gasteiger partial charge is 0.0577 e. The number of hydrogen-bond acceptors (Lipinski definition) is 3. The maximum atomic E-state index is 5.91. The van der Waals surface area contributed by atoms with Crippen molar-refractivity contribution in [2.45, 2.75) is 13.5 Å². The molecule has 2 rings (SSSR count). The second-order valence-electron chi connectivity index (χ2n) is 3.67. The van der Waals surface area contributed by atoms with Crippen LogP contribution in [0.3, 0.4) is 0 Å². The van der Waals surface area contributed by atoms with Crippen LogP contribution < -0.4 is 11.1 Å². The first-order valence-corrected chi connectivity index (χ1v) is 6.71. The van der Waals surface area contributed by atoms with Crippen LogP contribution in [0.25, 0.3) is 0 Å². The molecule has 0 aliphatic carbocycles. The van der Waals surface area contributed by atoms with Gasteiger partial charge in [-0.2, -0.15) is 11.3 Å². The third-order valence-electron chi connectivity index (χ3n) is 2.44. The van der Waals surface area contributed by atoms with Crippen LogP contribution >= 0.6 is 27.3 Å². The Morgan fingerprint density at radius 2 is 2.19 bits per heavy atom. The lowest BCUT2D eigenvalue weighted by Crippen LogP contribution is -2.02. The number of thiophene rings is 1. The molecule has 0 radical (unpaired) electrons. The molecule has 0 aliphatic rings. The van der Waals surface area contributed by atoms with E-state index in [0.717, 1.165) is 22.4 Å². The van der Waals surface area contributed by atoms with Crippen molar-refractivity contribution in [1.29, 1.82) is 0 Å². The Morgan fingerprint density at radius 3 is 2.81 bits per heavy atom. The lowest BCUT2D eigenvalue weighted by Gasteiger charge is -2.09. The minimum Gasteiger partial charge on any atom is -0.397 e. The van der Waals surface area contributed by atoms with E-state index in [1.54, 1.807) is 11.3 Å². The molecule has 0 amide bonds. The van der Waals surface area contributed by atoms with Crippen LogP contribution in [0.2, 0.25) is 0 Å². The molecule has 0 atom stereocenters. The number of nitrogen functional groups attached to an aromatic ring is 1. The summed E-state index contributed by atoms with van der Waals surface area (Å²) in [6.45, 7) is 2.94. The van der Waals surface area contributed by atoms with E-state index in [1.807, 2.05) is 18.2 Å². The maximum Gasteiger partial charge on any atom is 0.0577 e. The van der Waals surface area contributed by atoms with E-state index in [-0.39, 0.29) is 0 Å². The Morgan fingerprint density at radius 1 is 1.38 bits per heavy atom. The summed E-state index contributed by atoms with van der Waals surface area (Å²) in [7, 11) is 0. The van der Waals surface area contributed by atoms with Gasteiger partial charge in [0.15, 0.2) is 0 Å².